The van der Waals surface area contributed by atoms with Crippen molar-refractivity contribution in [1.82, 2.24) is 15.1 Å². The molecule has 1 amide bonds. The SMILES string of the molecule is Cc1nn(Cc2cccc(C(=O)NCC(C)c3ccc(F)cc3)c2)c(C)c1Cl. The predicted octanol–water partition coefficient (Wildman–Crippen LogP) is 4.87. The Morgan fingerprint density at radius 1 is 1.21 bits per heavy atom. The van der Waals surface area contributed by atoms with Crippen molar-refractivity contribution < 1.29 is 9.18 Å². The lowest BCUT2D eigenvalue weighted by molar-refractivity contribution is 0.0951. The third-order valence-electron chi connectivity index (χ3n) is 4.82. The molecule has 146 valence electrons. The van der Waals surface area contributed by atoms with Crippen LogP contribution in [0.2, 0.25) is 5.02 Å². The summed E-state index contributed by atoms with van der Waals surface area (Å²) in [6, 6.07) is 13.8. The normalized spacial score (nSPS) is 12.0. The highest BCUT2D eigenvalue weighted by Crippen LogP contribution is 2.20. The molecule has 0 fully saturated rings. The third kappa shape index (κ3) is 4.60. The molecule has 2 aromatic carbocycles. The number of nitrogens with zero attached hydrogens (tertiary/aromatic N) is 2. The molecule has 0 aliphatic rings. The van der Waals surface area contributed by atoms with Crippen LogP contribution in [-0.4, -0.2) is 22.2 Å². The molecule has 1 atom stereocenters. The minimum atomic E-state index is -0.263. The largest absolute Gasteiger partial charge is 0.351 e. The fourth-order valence-corrected chi connectivity index (χ4v) is 3.21. The van der Waals surface area contributed by atoms with Gasteiger partial charge in [0.05, 0.1) is 23.0 Å². The number of amides is 1. The Balaban J connectivity index is 1.65. The monoisotopic (exact) mass is 399 g/mol. The van der Waals surface area contributed by atoms with Gasteiger partial charge >= 0.3 is 0 Å². The third-order valence-corrected chi connectivity index (χ3v) is 5.37. The highest BCUT2D eigenvalue weighted by Gasteiger charge is 2.12. The lowest BCUT2D eigenvalue weighted by atomic mass is 10.0. The van der Waals surface area contributed by atoms with E-state index in [0.29, 0.717) is 23.7 Å². The summed E-state index contributed by atoms with van der Waals surface area (Å²) < 4.78 is 14.9. The first-order valence-corrected chi connectivity index (χ1v) is 9.55. The summed E-state index contributed by atoms with van der Waals surface area (Å²) in [5.74, 6) is -0.313. The molecule has 1 unspecified atom stereocenters. The maximum atomic E-state index is 13.0. The van der Waals surface area contributed by atoms with E-state index in [0.717, 1.165) is 22.5 Å². The van der Waals surface area contributed by atoms with Gasteiger partial charge in [0.1, 0.15) is 5.82 Å². The number of hydrogen-bond acceptors (Lipinski definition) is 2. The molecule has 1 N–H and O–H groups in total. The van der Waals surface area contributed by atoms with Crippen molar-refractivity contribution in [3.05, 3.63) is 87.4 Å². The number of hydrogen-bond donors (Lipinski definition) is 1. The van der Waals surface area contributed by atoms with E-state index >= 15 is 0 Å². The van der Waals surface area contributed by atoms with Crippen LogP contribution >= 0.6 is 11.6 Å². The van der Waals surface area contributed by atoms with Crippen LogP contribution in [0.3, 0.4) is 0 Å². The van der Waals surface area contributed by atoms with Gasteiger partial charge in [0, 0.05) is 12.1 Å². The molecule has 0 saturated carbocycles. The lowest BCUT2D eigenvalue weighted by Gasteiger charge is -2.14. The summed E-state index contributed by atoms with van der Waals surface area (Å²) in [4.78, 5) is 12.5. The number of nitrogens with one attached hydrogen (secondary N) is 1. The van der Waals surface area contributed by atoms with Gasteiger partial charge in [-0.15, -0.1) is 0 Å². The average molecular weight is 400 g/mol. The van der Waals surface area contributed by atoms with Crippen molar-refractivity contribution in [2.75, 3.05) is 6.54 Å². The number of halogens is 2. The fourth-order valence-electron chi connectivity index (χ4n) is 3.07. The van der Waals surface area contributed by atoms with Crippen LogP contribution in [0, 0.1) is 19.7 Å². The molecular formula is C22H23ClFN3O. The number of rotatable bonds is 6. The van der Waals surface area contributed by atoms with Crippen LogP contribution in [0.15, 0.2) is 48.5 Å². The predicted molar refractivity (Wildman–Crippen MR) is 109 cm³/mol. The van der Waals surface area contributed by atoms with Gasteiger partial charge < -0.3 is 5.32 Å². The van der Waals surface area contributed by atoms with Gasteiger partial charge in [-0.2, -0.15) is 5.10 Å². The molecular weight excluding hydrogens is 377 g/mol. The van der Waals surface area contributed by atoms with Crippen LogP contribution in [0.4, 0.5) is 4.39 Å². The minimum Gasteiger partial charge on any atom is -0.351 e. The Kier molecular flexibility index (Phi) is 6.15. The Bertz CT molecular complexity index is 982. The zero-order valence-electron chi connectivity index (χ0n) is 16.2. The molecule has 0 aliphatic carbocycles. The molecule has 0 bridgehead atoms. The fraction of sp³-hybridized carbons (Fsp3) is 0.273. The molecule has 3 aromatic rings. The van der Waals surface area contributed by atoms with Crippen LogP contribution in [0.5, 0.6) is 0 Å². The molecule has 0 radical (unpaired) electrons. The number of benzene rings is 2. The first-order chi connectivity index (χ1) is 13.3. The second-order valence-electron chi connectivity index (χ2n) is 7.01. The van der Waals surface area contributed by atoms with E-state index in [9.17, 15) is 9.18 Å². The van der Waals surface area contributed by atoms with Gasteiger partial charge in [-0.05, 0) is 55.2 Å². The van der Waals surface area contributed by atoms with E-state index in [4.69, 9.17) is 11.6 Å². The lowest BCUT2D eigenvalue weighted by Crippen LogP contribution is -2.27. The van der Waals surface area contributed by atoms with Crippen molar-refractivity contribution in [1.29, 1.82) is 0 Å². The second-order valence-corrected chi connectivity index (χ2v) is 7.38. The topological polar surface area (TPSA) is 46.9 Å². The number of carbonyl (C=O) groups excluding carboxylic acids is 1. The van der Waals surface area contributed by atoms with Crippen LogP contribution < -0.4 is 5.32 Å². The van der Waals surface area contributed by atoms with E-state index in [1.54, 1.807) is 18.2 Å². The number of aryl methyl sites for hydroxylation is 1. The summed E-state index contributed by atoms with van der Waals surface area (Å²) in [6.07, 6.45) is 0. The first-order valence-electron chi connectivity index (χ1n) is 9.17. The zero-order valence-corrected chi connectivity index (χ0v) is 16.9. The Labute approximate surface area is 169 Å². The highest BCUT2D eigenvalue weighted by molar-refractivity contribution is 6.31. The molecule has 6 heteroatoms. The van der Waals surface area contributed by atoms with Gasteiger partial charge in [-0.25, -0.2) is 4.39 Å². The maximum Gasteiger partial charge on any atom is 0.251 e. The summed E-state index contributed by atoms with van der Waals surface area (Å²) in [7, 11) is 0. The van der Waals surface area contributed by atoms with Gasteiger partial charge in [0.2, 0.25) is 0 Å². The molecule has 0 spiro atoms. The zero-order chi connectivity index (χ0) is 20.3. The van der Waals surface area contributed by atoms with Crippen LogP contribution in [0.1, 0.15) is 45.7 Å². The van der Waals surface area contributed by atoms with Gasteiger partial charge in [-0.1, -0.05) is 42.8 Å². The van der Waals surface area contributed by atoms with E-state index in [2.05, 4.69) is 10.4 Å². The number of aromatic nitrogens is 2. The molecule has 0 aliphatic heterocycles. The van der Waals surface area contributed by atoms with Crippen LogP contribution in [0.25, 0.3) is 0 Å². The molecule has 28 heavy (non-hydrogen) atoms. The molecule has 3 rings (SSSR count). The maximum absolute atomic E-state index is 13.0. The Hall–Kier alpha value is -2.66. The molecule has 1 heterocycles. The first kappa shape index (κ1) is 20.1. The Morgan fingerprint density at radius 3 is 2.57 bits per heavy atom. The van der Waals surface area contributed by atoms with E-state index in [-0.39, 0.29) is 17.6 Å². The van der Waals surface area contributed by atoms with Gasteiger partial charge in [-0.3, -0.25) is 9.48 Å². The van der Waals surface area contributed by atoms with Crippen molar-refractivity contribution in [3.63, 3.8) is 0 Å². The molecule has 1 aromatic heterocycles. The highest BCUT2D eigenvalue weighted by atomic mass is 35.5. The second kappa shape index (κ2) is 8.57. The summed E-state index contributed by atoms with van der Waals surface area (Å²) in [5.41, 5.74) is 4.25. The van der Waals surface area contributed by atoms with Crippen molar-refractivity contribution >= 4 is 17.5 Å². The molecule has 4 nitrogen and oxygen atoms in total. The summed E-state index contributed by atoms with van der Waals surface area (Å²) in [6.45, 7) is 6.82. The van der Waals surface area contributed by atoms with E-state index in [1.165, 1.54) is 12.1 Å². The van der Waals surface area contributed by atoms with E-state index in [1.807, 2.05) is 43.7 Å². The number of carbonyl (C=O) groups is 1. The summed E-state index contributed by atoms with van der Waals surface area (Å²) in [5, 5.41) is 8.06. The quantitative estimate of drug-likeness (QED) is 0.642. The smallest absolute Gasteiger partial charge is 0.251 e. The van der Waals surface area contributed by atoms with Crippen molar-refractivity contribution in [2.45, 2.75) is 33.2 Å². The standard InChI is InChI=1S/C22H23ClFN3O/c1-14(18-7-9-20(24)10-8-18)12-25-22(28)19-6-4-5-17(11-19)13-27-16(3)21(23)15(2)26-27/h4-11,14H,12-13H2,1-3H3,(H,25,28). The average Bonchev–Trinajstić information content (AvgIpc) is 2.93. The minimum absolute atomic E-state index is 0.0876. The van der Waals surface area contributed by atoms with Gasteiger partial charge in [0.15, 0.2) is 0 Å². The van der Waals surface area contributed by atoms with Gasteiger partial charge in [0.25, 0.3) is 5.91 Å². The van der Waals surface area contributed by atoms with Crippen molar-refractivity contribution in [3.8, 4) is 0 Å². The van der Waals surface area contributed by atoms with E-state index < -0.39 is 0 Å². The van der Waals surface area contributed by atoms with Crippen molar-refractivity contribution in [2.24, 2.45) is 0 Å². The Morgan fingerprint density at radius 2 is 1.93 bits per heavy atom. The molecule has 0 saturated heterocycles. The summed E-state index contributed by atoms with van der Waals surface area (Å²) >= 11 is 6.21. The van der Waals surface area contributed by atoms with Crippen LogP contribution in [-0.2, 0) is 6.54 Å².